The Morgan fingerprint density at radius 1 is 1.14 bits per heavy atom. The predicted molar refractivity (Wildman–Crippen MR) is 86.0 cm³/mol. The van der Waals surface area contributed by atoms with E-state index in [1.807, 2.05) is 12.1 Å². The molecule has 0 atom stereocenters. The minimum atomic E-state index is -0.571. The number of carbonyl (C=O) groups excluding carboxylic acids is 1. The summed E-state index contributed by atoms with van der Waals surface area (Å²) in [4.78, 5) is 20.2. The van der Waals surface area contributed by atoms with Crippen LogP contribution >= 0.6 is 23.2 Å². The molecule has 0 saturated carbocycles. The van der Waals surface area contributed by atoms with Crippen molar-refractivity contribution in [2.24, 2.45) is 5.41 Å². The SMILES string of the molecule is CCC(C)(C)C(C)(C)c1cc(Cl)c(OOC(C)=O)c(Cl)c1. The molecule has 118 valence electrons. The van der Waals surface area contributed by atoms with Crippen LogP contribution in [-0.2, 0) is 15.1 Å². The van der Waals surface area contributed by atoms with Crippen molar-refractivity contribution in [2.45, 2.75) is 53.4 Å². The first-order chi connectivity index (χ1) is 9.52. The zero-order valence-corrected chi connectivity index (χ0v) is 14.9. The summed E-state index contributed by atoms with van der Waals surface area (Å²) in [5.74, 6) is -0.416. The van der Waals surface area contributed by atoms with E-state index >= 15 is 0 Å². The van der Waals surface area contributed by atoms with Gasteiger partial charge in [-0.15, -0.1) is 0 Å². The van der Waals surface area contributed by atoms with Crippen molar-refractivity contribution < 1.29 is 14.6 Å². The van der Waals surface area contributed by atoms with Crippen molar-refractivity contribution in [2.75, 3.05) is 0 Å². The predicted octanol–water partition coefficient (Wildman–Crippen LogP) is 5.56. The first-order valence-corrected chi connectivity index (χ1v) is 7.63. The molecule has 21 heavy (non-hydrogen) atoms. The number of rotatable bonds is 5. The molecule has 0 amide bonds. The molecule has 1 rings (SSSR count). The fourth-order valence-electron chi connectivity index (χ4n) is 1.93. The summed E-state index contributed by atoms with van der Waals surface area (Å²) in [6.07, 6.45) is 1.01. The van der Waals surface area contributed by atoms with Gasteiger partial charge in [-0.2, -0.15) is 0 Å². The average molecular weight is 333 g/mol. The minimum absolute atomic E-state index is 0.0674. The van der Waals surface area contributed by atoms with Crippen molar-refractivity contribution in [1.82, 2.24) is 0 Å². The van der Waals surface area contributed by atoms with Crippen LogP contribution in [0.1, 0.15) is 53.5 Å². The average Bonchev–Trinajstić information content (AvgIpc) is 2.36. The van der Waals surface area contributed by atoms with Gasteiger partial charge in [-0.1, -0.05) is 64.2 Å². The van der Waals surface area contributed by atoms with Crippen LogP contribution in [0.15, 0.2) is 12.1 Å². The molecule has 0 heterocycles. The molecule has 5 heteroatoms. The lowest BCUT2D eigenvalue weighted by Gasteiger charge is -2.42. The summed E-state index contributed by atoms with van der Waals surface area (Å²) in [5.41, 5.74) is 0.951. The molecule has 0 aliphatic rings. The van der Waals surface area contributed by atoms with Gasteiger partial charge in [0.15, 0.2) is 0 Å². The molecular formula is C16H22Cl2O3. The lowest BCUT2D eigenvalue weighted by molar-refractivity contribution is -0.210. The number of benzene rings is 1. The van der Waals surface area contributed by atoms with Gasteiger partial charge < -0.3 is 0 Å². The summed E-state index contributed by atoms with van der Waals surface area (Å²) in [6, 6.07) is 3.62. The van der Waals surface area contributed by atoms with Crippen molar-refractivity contribution in [1.29, 1.82) is 0 Å². The first-order valence-electron chi connectivity index (χ1n) is 6.87. The monoisotopic (exact) mass is 332 g/mol. The van der Waals surface area contributed by atoms with Crippen LogP contribution in [0, 0.1) is 5.41 Å². The fraction of sp³-hybridized carbons (Fsp3) is 0.562. The lowest BCUT2D eigenvalue weighted by Crippen LogP contribution is -2.36. The minimum Gasteiger partial charge on any atom is -0.284 e. The highest BCUT2D eigenvalue weighted by atomic mass is 35.5. The zero-order valence-electron chi connectivity index (χ0n) is 13.3. The third-order valence-electron chi connectivity index (χ3n) is 4.54. The van der Waals surface area contributed by atoms with E-state index < -0.39 is 5.97 Å². The van der Waals surface area contributed by atoms with Crippen LogP contribution in [0.5, 0.6) is 5.75 Å². The third kappa shape index (κ3) is 3.83. The van der Waals surface area contributed by atoms with E-state index in [9.17, 15) is 4.79 Å². The van der Waals surface area contributed by atoms with Gasteiger partial charge in [0.25, 0.3) is 0 Å². The van der Waals surface area contributed by atoms with E-state index in [-0.39, 0.29) is 16.6 Å². The fourth-order valence-corrected chi connectivity index (χ4v) is 2.48. The van der Waals surface area contributed by atoms with Crippen molar-refractivity contribution in [3.8, 4) is 5.75 Å². The Morgan fingerprint density at radius 3 is 2.00 bits per heavy atom. The Balaban J connectivity index is 3.22. The normalized spacial score (nSPS) is 12.2. The van der Waals surface area contributed by atoms with Crippen LogP contribution in [0.4, 0.5) is 0 Å². The standard InChI is InChI=1S/C16H22Cl2O3/c1-7-15(3,4)16(5,6)11-8-12(17)14(13(18)9-11)21-20-10(2)19/h8-9H,7H2,1-6H3. The summed E-state index contributed by atoms with van der Waals surface area (Å²) >= 11 is 12.4. The smallest absolute Gasteiger partial charge is 0.284 e. The maximum Gasteiger partial charge on any atom is 0.352 e. The number of halogens is 2. The van der Waals surface area contributed by atoms with E-state index in [1.165, 1.54) is 6.92 Å². The molecule has 1 aromatic carbocycles. The number of hydrogen-bond donors (Lipinski definition) is 0. The molecule has 0 aromatic heterocycles. The summed E-state index contributed by atoms with van der Waals surface area (Å²) in [5, 5.41) is 0.637. The van der Waals surface area contributed by atoms with Crippen LogP contribution < -0.4 is 4.89 Å². The lowest BCUT2D eigenvalue weighted by atomic mass is 9.63. The number of hydrogen-bond acceptors (Lipinski definition) is 3. The quantitative estimate of drug-likeness (QED) is 0.522. The number of carbonyl (C=O) groups is 1. The molecule has 0 fully saturated rings. The summed E-state index contributed by atoms with van der Waals surface area (Å²) < 4.78 is 0. The molecule has 1 aromatic rings. The molecule has 0 N–H and O–H groups in total. The van der Waals surface area contributed by atoms with Crippen LogP contribution in [-0.4, -0.2) is 5.97 Å². The van der Waals surface area contributed by atoms with Gasteiger partial charge in [0.05, 0.1) is 10.0 Å². The van der Waals surface area contributed by atoms with E-state index in [4.69, 9.17) is 28.1 Å². The second-order valence-electron chi connectivity index (χ2n) is 6.29. The topological polar surface area (TPSA) is 35.5 Å². The van der Waals surface area contributed by atoms with Gasteiger partial charge in [-0.05, 0) is 28.5 Å². The van der Waals surface area contributed by atoms with Gasteiger partial charge in [0.1, 0.15) is 0 Å². The molecule has 0 spiro atoms. The molecule has 0 saturated heterocycles. The van der Waals surface area contributed by atoms with Gasteiger partial charge in [0, 0.05) is 6.92 Å². The van der Waals surface area contributed by atoms with Crippen molar-refractivity contribution in [3.05, 3.63) is 27.7 Å². The highest BCUT2D eigenvalue weighted by Gasteiger charge is 2.37. The van der Waals surface area contributed by atoms with Gasteiger partial charge >= 0.3 is 5.97 Å². The Hall–Kier alpha value is -0.930. The van der Waals surface area contributed by atoms with Crippen LogP contribution in [0.2, 0.25) is 10.0 Å². The Kier molecular flexibility index (Phi) is 5.57. The molecule has 3 nitrogen and oxygen atoms in total. The maximum absolute atomic E-state index is 10.8. The van der Waals surface area contributed by atoms with E-state index in [0.717, 1.165) is 12.0 Å². The van der Waals surface area contributed by atoms with E-state index in [1.54, 1.807) is 0 Å². The second kappa shape index (κ2) is 6.45. The third-order valence-corrected chi connectivity index (χ3v) is 5.10. The van der Waals surface area contributed by atoms with Crippen LogP contribution in [0.25, 0.3) is 0 Å². The van der Waals surface area contributed by atoms with Crippen LogP contribution in [0.3, 0.4) is 0 Å². The Bertz CT molecular complexity index is 513. The highest BCUT2D eigenvalue weighted by molar-refractivity contribution is 6.37. The molecule has 0 aliphatic heterocycles. The van der Waals surface area contributed by atoms with Gasteiger partial charge in [0.2, 0.25) is 5.75 Å². The Morgan fingerprint density at radius 2 is 1.62 bits per heavy atom. The van der Waals surface area contributed by atoms with E-state index in [0.29, 0.717) is 10.0 Å². The van der Waals surface area contributed by atoms with Gasteiger partial charge in [-0.25, -0.2) is 4.79 Å². The summed E-state index contributed by atoms with van der Waals surface area (Å²) in [6.45, 7) is 12.1. The highest BCUT2D eigenvalue weighted by Crippen LogP contribution is 2.46. The van der Waals surface area contributed by atoms with E-state index in [2.05, 4.69) is 39.5 Å². The summed E-state index contributed by atoms with van der Waals surface area (Å²) in [7, 11) is 0. The van der Waals surface area contributed by atoms with Crippen molar-refractivity contribution >= 4 is 29.2 Å². The zero-order chi connectivity index (χ0) is 16.4. The largest absolute Gasteiger partial charge is 0.352 e. The second-order valence-corrected chi connectivity index (χ2v) is 7.10. The molecule has 0 unspecified atom stereocenters. The van der Waals surface area contributed by atoms with Gasteiger partial charge in [-0.3, -0.25) is 9.78 Å². The first kappa shape index (κ1) is 18.1. The maximum atomic E-state index is 10.8. The molecule has 0 radical (unpaired) electrons. The molecular weight excluding hydrogens is 311 g/mol. The molecule has 0 aliphatic carbocycles. The van der Waals surface area contributed by atoms with Crippen molar-refractivity contribution in [3.63, 3.8) is 0 Å². The Labute approximate surface area is 136 Å². The molecule has 0 bridgehead atoms.